The molecular formula is C13H17N3O2S. The second kappa shape index (κ2) is 5.70. The van der Waals surface area contributed by atoms with Crippen LogP contribution in [0.15, 0.2) is 29.2 Å². The highest BCUT2D eigenvalue weighted by Gasteiger charge is 2.28. The quantitative estimate of drug-likeness (QED) is 0.889. The molecule has 1 aliphatic heterocycles. The van der Waals surface area contributed by atoms with Gasteiger partial charge >= 0.3 is 0 Å². The fourth-order valence-electron chi connectivity index (χ4n) is 2.21. The van der Waals surface area contributed by atoms with E-state index in [4.69, 9.17) is 11.0 Å². The van der Waals surface area contributed by atoms with Gasteiger partial charge in [0, 0.05) is 19.1 Å². The van der Waals surface area contributed by atoms with Crippen molar-refractivity contribution in [1.29, 1.82) is 5.26 Å². The van der Waals surface area contributed by atoms with Crippen molar-refractivity contribution in [3.05, 3.63) is 29.8 Å². The van der Waals surface area contributed by atoms with E-state index in [1.54, 1.807) is 24.3 Å². The van der Waals surface area contributed by atoms with Gasteiger partial charge in [0.05, 0.1) is 17.4 Å². The molecule has 0 radical (unpaired) electrons. The Balaban J connectivity index is 2.21. The molecule has 2 N–H and O–H groups in total. The van der Waals surface area contributed by atoms with Gasteiger partial charge in [0.15, 0.2) is 0 Å². The molecule has 0 aliphatic carbocycles. The van der Waals surface area contributed by atoms with E-state index < -0.39 is 10.0 Å². The second-order valence-electron chi connectivity index (χ2n) is 4.74. The lowest BCUT2D eigenvalue weighted by Crippen LogP contribution is -2.45. The van der Waals surface area contributed by atoms with Crippen molar-refractivity contribution in [3.63, 3.8) is 0 Å². The van der Waals surface area contributed by atoms with Crippen LogP contribution in [0.5, 0.6) is 0 Å². The van der Waals surface area contributed by atoms with Gasteiger partial charge in [0.1, 0.15) is 0 Å². The lowest BCUT2D eigenvalue weighted by molar-refractivity contribution is 0.316. The van der Waals surface area contributed by atoms with Crippen molar-refractivity contribution in [2.45, 2.75) is 30.2 Å². The van der Waals surface area contributed by atoms with Gasteiger partial charge in [-0.05, 0) is 30.5 Å². The van der Waals surface area contributed by atoms with Gasteiger partial charge in [0.25, 0.3) is 0 Å². The summed E-state index contributed by atoms with van der Waals surface area (Å²) in [6.45, 7) is 0.901. The van der Waals surface area contributed by atoms with E-state index in [1.807, 2.05) is 6.07 Å². The van der Waals surface area contributed by atoms with E-state index in [0.717, 1.165) is 18.4 Å². The zero-order valence-electron chi connectivity index (χ0n) is 10.6. The van der Waals surface area contributed by atoms with E-state index in [1.165, 1.54) is 4.31 Å². The molecule has 1 atom stereocenters. The van der Waals surface area contributed by atoms with Gasteiger partial charge in [-0.3, -0.25) is 0 Å². The number of benzene rings is 1. The molecule has 1 aliphatic rings. The van der Waals surface area contributed by atoms with Crippen molar-refractivity contribution < 1.29 is 8.42 Å². The third kappa shape index (κ3) is 3.13. The molecule has 102 valence electrons. The summed E-state index contributed by atoms with van der Waals surface area (Å²) in [5, 5.41) is 8.59. The fourth-order valence-corrected chi connectivity index (χ4v) is 3.75. The molecule has 1 aromatic rings. The SMILES string of the molecule is N#CCc1ccc(S(=O)(=O)N2CCC[C@@H](N)C2)cc1. The minimum Gasteiger partial charge on any atom is -0.327 e. The number of nitrogens with two attached hydrogens (primary N) is 1. The Morgan fingerprint density at radius 3 is 2.63 bits per heavy atom. The molecule has 1 saturated heterocycles. The molecular weight excluding hydrogens is 262 g/mol. The molecule has 6 heteroatoms. The van der Waals surface area contributed by atoms with Gasteiger partial charge in [-0.25, -0.2) is 8.42 Å². The standard InChI is InChI=1S/C13H17N3O2S/c14-8-7-11-3-5-13(6-4-11)19(17,18)16-9-1-2-12(15)10-16/h3-6,12H,1-2,7,9-10,15H2/t12-/m1/s1. The van der Waals surface area contributed by atoms with Crippen molar-refractivity contribution in [1.82, 2.24) is 4.31 Å². The van der Waals surface area contributed by atoms with E-state index in [-0.39, 0.29) is 17.4 Å². The predicted octanol–water partition coefficient (Wildman–Crippen LogP) is 0.864. The molecule has 5 nitrogen and oxygen atoms in total. The van der Waals surface area contributed by atoms with E-state index in [0.29, 0.717) is 13.1 Å². The van der Waals surface area contributed by atoms with Gasteiger partial charge in [-0.15, -0.1) is 0 Å². The summed E-state index contributed by atoms with van der Waals surface area (Å²) in [5.74, 6) is 0. The summed E-state index contributed by atoms with van der Waals surface area (Å²) in [7, 11) is -3.46. The third-order valence-corrected chi connectivity index (χ3v) is 5.14. The van der Waals surface area contributed by atoms with Crippen LogP contribution in [-0.2, 0) is 16.4 Å². The van der Waals surface area contributed by atoms with Crippen molar-refractivity contribution in [2.75, 3.05) is 13.1 Å². The summed E-state index contributed by atoms with van der Waals surface area (Å²) < 4.78 is 26.3. The summed E-state index contributed by atoms with van der Waals surface area (Å²) in [6, 6.07) is 8.43. The minimum atomic E-state index is -3.46. The average molecular weight is 279 g/mol. The first-order valence-corrected chi connectivity index (χ1v) is 7.69. The van der Waals surface area contributed by atoms with Crippen LogP contribution in [-0.4, -0.2) is 31.9 Å². The van der Waals surface area contributed by atoms with E-state index in [2.05, 4.69) is 0 Å². The molecule has 0 amide bonds. The number of nitriles is 1. The molecule has 2 rings (SSSR count). The molecule has 19 heavy (non-hydrogen) atoms. The Kier molecular flexibility index (Phi) is 4.20. The van der Waals surface area contributed by atoms with Crippen LogP contribution < -0.4 is 5.73 Å². The van der Waals surface area contributed by atoms with Crippen LogP contribution in [0.2, 0.25) is 0 Å². The lowest BCUT2D eigenvalue weighted by Gasteiger charge is -2.29. The number of rotatable bonds is 3. The maximum absolute atomic E-state index is 12.4. The molecule has 0 spiro atoms. The summed E-state index contributed by atoms with van der Waals surface area (Å²) in [6.07, 6.45) is 1.95. The highest BCUT2D eigenvalue weighted by molar-refractivity contribution is 7.89. The fraction of sp³-hybridized carbons (Fsp3) is 0.462. The smallest absolute Gasteiger partial charge is 0.243 e. The molecule has 1 fully saturated rings. The molecule has 0 bridgehead atoms. The number of sulfonamides is 1. The molecule has 1 heterocycles. The highest BCUT2D eigenvalue weighted by Crippen LogP contribution is 2.20. The number of hydrogen-bond donors (Lipinski definition) is 1. The van der Waals surface area contributed by atoms with E-state index in [9.17, 15) is 8.42 Å². The zero-order valence-corrected chi connectivity index (χ0v) is 11.4. The first-order chi connectivity index (χ1) is 9.04. The van der Waals surface area contributed by atoms with Gasteiger partial charge in [-0.2, -0.15) is 9.57 Å². The van der Waals surface area contributed by atoms with Crippen LogP contribution in [0.25, 0.3) is 0 Å². The minimum absolute atomic E-state index is 0.0820. The van der Waals surface area contributed by atoms with Crippen molar-refractivity contribution in [3.8, 4) is 6.07 Å². The van der Waals surface area contributed by atoms with Crippen molar-refractivity contribution in [2.24, 2.45) is 5.73 Å². The normalized spacial score (nSPS) is 20.9. The Morgan fingerprint density at radius 1 is 1.37 bits per heavy atom. The number of hydrogen-bond acceptors (Lipinski definition) is 4. The summed E-state index contributed by atoms with van der Waals surface area (Å²) >= 11 is 0. The lowest BCUT2D eigenvalue weighted by atomic mass is 10.1. The van der Waals surface area contributed by atoms with Crippen LogP contribution >= 0.6 is 0 Å². The molecule has 0 unspecified atom stereocenters. The molecule has 0 saturated carbocycles. The Labute approximate surface area is 113 Å². The molecule has 0 aromatic heterocycles. The van der Waals surface area contributed by atoms with Crippen molar-refractivity contribution >= 4 is 10.0 Å². The van der Waals surface area contributed by atoms with Crippen LogP contribution in [0.3, 0.4) is 0 Å². The maximum Gasteiger partial charge on any atom is 0.243 e. The summed E-state index contributed by atoms with van der Waals surface area (Å²) in [4.78, 5) is 0.267. The number of piperidine rings is 1. The molecule has 1 aromatic carbocycles. The number of nitrogens with zero attached hydrogens (tertiary/aromatic N) is 2. The maximum atomic E-state index is 12.4. The average Bonchev–Trinajstić information content (AvgIpc) is 2.40. The van der Waals surface area contributed by atoms with Gasteiger partial charge in [0.2, 0.25) is 10.0 Å². The second-order valence-corrected chi connectivity index (χ2v) is 6.68. The summed E-state index contributed by atoms with van der Waals surface area (Å²) in [5.41, 5.74) is 6.64. The predicted molar refractivity (Wildman–Crippen MR) is 71.7 cm³/mol. The monoisotopic (exact) mass is 279 g/mol. The Bertz CT molecular complexity index is 575. The van der Waals surface area contributed by atoms with Crippen LogP contribution in [0.1, 0.15) is 18.4 Å². The van der Waals surface area contributed by atoms with E-state index >= 15 is 0 Å². The third-order valence-electron chi connectivity index (χ3n) is 3.26. The topological polar surface area (TPSA) is 87.2 Å². The van der Waals surface area contributed by atoms with Crippen LogP contribution in [0.4, 0.5) is 0 Å². The largest absolute Gasteiger partial charge is 0.327 e. The Hall–Kier alpha value is -1.42. The van der Waals surface area contributed by atoms with Gasteiger partial charge < -0.3 is 5.73 Å². The zero-order chi connectivity index (χ0) is 13.9. The first kappa shape index (κ1) is 14.0. The van der Waals surface area contributed by atoms with Gasteiger partial charge in [-0.1, -0.05) is 12.1 Å². The first-order valence-electron chi connectivity index (χ1n) is 6.25. The Morgan fingerprint density at radius 2 is 2.05 bits per heavy atom. The highest BCUT2D eigenvalue weighted by atomic mass is 32.2. The van der Waals surface area contributed by atoms with Crippen LogP contribution in [0, 0.1) is 11.3 Å².